The van der Waals surface area contributed by atoms with E-state index in [1.54, 1.807) is 6.33 Å². The van der Waals surface area contributed by atoms with Gasteiger partial charge in [-0.3, -0.25) is 4.90 Å². The Morgan fingerprint density at radius 1 is 1.44 bits per heavy atom. The number of nitriles is 1. The molecule has 0 amide bonds. The van der Waals surface area contributed by atoms with Crippen molar-refractivity contribution in [2.45, 2.75) is 13.0 Å². The van der Waals surface area contributed by atoms with Gasteiger partial charge in [-0.25, -0.2) is 4.98 Å². The average Bonchev–Trinajstić information content (AvgIpc) is 2.72. The van der Waals surface area contributed by atoms with Crippen molar-refractivity contribution >= 4 is 11.6 Å². The zero-order chi connectivity index (χ0) is 13.1. The summed E-state index contributed by atoms with van der Waals surface area (Å²) in [6.45, 7) is 7.03. The first-order valence-electron chi connectivity index (χ1n) is 6.20. The Morgan fingerprint density at radius 3 is 2.56 bits per heavy atom. The molecule has 1 atom stereocenters. The van der Waals surface area contributed by atoms with Crippen LogP contribution in [-0.2, 0) is 7.05 Å². The molecule has 0 saturated carbocycles. The van der Waals surface area contributed by atoms with E-state index in [-0.39, 0.29) is 6.04 Å². The van der Waals surface area contributed by atoms with Crippen LogP contribution >= 0.6 is 11.6 Å². The molecular formula is C12H18ClN5. The van der Waals surface area contributed by atoms with E-state index >= 15 is 0 Å². The Kier molecular flexibility index (Phi) is 4.23. The minimum atomic E-state index is -0.302. The molecule has 1 aromatic rings. The highest BCUT2D eigenvalue weighted by Crippen LogP contribution is 2.26. The third kappa shape index (κ3) is 2.51. The van der Waals surface area contributed by atoms with E-state index in [2.05, 4.69) is 27.8 Å². The number of aromatic nitrogens is 2. The lowest BCUT2D eigenvalue weighted by Gasteiger charge is -2.36. The normalized spacial score (nSPS) is 19.7. The van der Waals surface area contributed by atoms with Crippen molar-refractivity contribution in [3.05, 3.63) is 17.2 Å². The predicted octanol–water partition coefficient (Wildman–Crippen LogP) is 1.28. The van der Waals surface area contributed by atoms with Crippen molar-refractivity contribution in [1.29, 1.82) is 5.26 Å². The fraction of sp³-hybridized carbons (Fsp3) is 0.667. The number of hydrogen-bond acceptors (Lipinski definition) is 4. The second kappa shape index (κ2) is 5.70. The van der Waals surface area contributed by atoms with Crippen LogP contribution in [0.2, 0.25) is 5.15 Å². The molecule has 0 aliphatic carbocycles. The Labute approximate surface area is 113 Å². The van der Waals surface area contributed by atoms with Gasteiger partial charge in [0.05, 0.1) is 18.1 Å². The molecule has 2 rings (SSSR count). The molecule has 6 heteroatoms. The molecule has 98 valence electrons. The standard InChI is InChI=1S/C12H18ClN5/c1-3-17-4-6-18(7-5-17)10(8-14)11-12(13)15-9-16(11)2/h9-10H,3-7H2,1-2H3. The number of likely N-dealkylation sites (N-methyl/N-ethyl adjacent to an activating group) is 1. The zero-order valence-corrected chi connectivity index (χ0v) is 11.6. The molecule has 0 aromatic carbocycles. The van der Waals surface area contributed by atoms with Crippen molar-refractivity contribution < 1.29 is 0 Å². The topological polar surface area (TPSA) is 48.1 Å². The van der Waals surface area contributed by atoms with Gasteiger partial charge >= 0.3 is 0 Å². The summed E-state index contributed by atoms with van der Waals surface area (Å²) in [5.41, 5.74) is 0.795. The van der Waals surface area contributed by atoms with Crippen LogP contribution in [-0.4, -0.2) is 52.1 Å². The van der Waals surface area contributed by atoms with E-state index in [0.717, 1.165) is 38.4 Å². The van der Waals surface area contributed by atoms with E-state index in [1.165, 1.54) is 0 Å². The number of hydrogen-bond donors (Lipinski definition) is 0. The maximum Gasteiger partial charge on any atom is 0.152 e. The van der Waals surface area contributed by atoms with E-state index in [4.69, 9.17) is 11.6 Å². The smallest absolute Gasteiger partial charge is 0.152 e. The fourth-order valence-electron chi connectivity index (χ4n) is 2.37. The van der Waals surface area contributed by atoms with E-state index in [9.17, 15) is 5.26 Å². The molecule has 0 bridgehead atoms. The van der Waals surface area contributed by atoms with Gasteiger partial charge in [-0.15, -0.1) is 0 Å². The van der Waals surface area contributed by atoms with Crippen molar-refractivity contribution in [2.75, 3.05) is 32.7 Å². The Bertz CT molecular complexity index is 422. The Balaban J connectivity index is 2.14. The lowest BCUT2D eigenvalue weighted by molar-refractivity contribution is 0.116. The highest BCUT2D eigenvalue weighted by Gasteiger charge is 2.28. The second-order valence-corrected chi connectivity index (χ2v) is 4.89. The zero-order valence-electron chi connectivity index (χ0n) is 10.8. The lowest BCUT2D eigenvalue weighted by Crippen LogP contribution is -2.47. The van der Waals surface area contributed by atoms with Gasteiger partial charge < -0.3 is 9.47 Å². The lowest BCUT2D eigenvalue weighted by atomic mass is 10.1. The minimum Gasteiger partial charge on any atom is -0.334 e. The molecular weight excluding hydrogens is 250 g/mol. The SMILES string of the molecule is CCN1CCN(C(C#N)c2c(Cl)ncn2C)CC1. The summed E-state index contributed by atoms with van der Waals surface area (Å²) in [5, 5.41) is 9.85. The van der Waals surface area contributed by atoms with E-state index in [1.807, 2.05) is 11.6 Å². The van der Waals surface area contributed by atoms with Crippen LogP contribution in [0.15, 0.2) is 6.33 Å². The molecule has 1 aliphatic rings. The predicted molar refractivity (Wildman–Crippen MR) is 70.3 cm³/mol. The first-order valence-corrected chi connectivity index (χ1v) is 6.58. The van der Waals surface area contributed by atoms with Crippen molar-refractivity contribution in [1.82, 2.24) is 19.4 Å². The van der Waals surface area contributed by atoms with Crippen molar-refractivity contribution in [3.8, 4) is 6.07 Å². The van der Waals surface area contributed by atoms with Crippen LogP contribution in [0, 0.1) is 11.3 Å². The van der Waals surface area contributed by atoms with E-state index in [0.29, 0.717) is 5.15 Å². The third-order valence-corrected chi connectivity index (χ3v) is 3.83. The van der Waals surface area contributed by atoms with Crippen LogP contribution in [0.4, 0.5) is 0 Å². The highest BCUT2D eigenvalue weighted by atomic mass is 35.5. The van der Waals surface area contributed by atoms with Crippen LogP contribution < -0.4 is 0 Å². The molecule has 1 saturated heterocycles. The Morgan fingerprint density at radius 2 is 2.11 bits per heavy atom. The number of imidazole rings is 1. The van der Waals surface area contributed by atoms with Gasteiger partial charge in [0.25, 0.3) is 0 Å². The molecule has 0 spiro atoms. The van der Waals surface area contributed by atoms with Gasteiger partial charge in [-0.2, -0.15) is 5.26 Å². The molecule has 0 N–H and O–H groups in total. The summed E-state index contributed by atoms with van der Waals surface area (Å²) in [7, 11) is 1.88. The number of piperazine rings is 1. The minimum absolute atomic E-state index is 0.302. The van der Waals surface area contributed by atoms with Gasteiger partial charge in [0.15, 0.2) is 5.15 Å². The van der Waals surface area contributed by atoms with E-state index < -0.39 is 0 Å². The van der Waals surface area contributed by atoms with Gasteiger partial charge in [-0.05, 0) is 6.54 Å². The quantitative estimate of drug-likeness (QED) is 0.828. The monoisotopic (exact) mass is 267 g/mol. The van der Waals surface area contributed by atoms with Gasteiger partial charge in [0, 0.05) is 33.2 Å². The highest BCUT2D eigenvalue weighted by molar-refractivity contribution is 6.30. The van der Waals surface area contributed by atoms with Gasteiger partial charge in [0.1, 0.15) is 6.04 Å². The molecule has 18 heavy (non-hydrogen) atoms. The summed E-state index contributed by atoms with van der Waals surface area (Å²) >= 11 is 6.07. The van der Waals surface area contributed by atoms with Crippen molar-refractivity contribution in [2.24, 2.45) is 7.05 Å². The number of nitrogens with zero attached hydrogens (tertiary/aromatic N) is 5. The summed E-state index contributed by atoms with van der Waals surface area (Å²) in [4.78, 5) is 8.61. The molecule has 1 aliphatic heterocycles. The first-order chi connectivity index (χ1) is 8.67. The largest absolute Gasteiger partial charge is 0.334 e. The van der Waals surface area contributed by atoms with Gasteiger partial charge in [-0.1, -0.05) is 18.5 Å². The molecule has 1 aromatic heterocycles. The maximum absolute atomic E-state index is 9.42. The van der Waals surface area contributed by atoms with Gasteiger partial charge in [0.2, 0.25) is 0 Å². The average molecular weight is 268 g/mol. The Hall–Kier alpha value is -1.09. The van der Waals surface area contributed by atoms with Crippen molar-refractivity contribution in [3.63, 3.8) is 0 Å². The van der Waals surface area contributed by atoms with Crippen LogP contribution in [0.1, 0.15) is 18.7 Å². The molecule has 1 fully saturated rings. The molecule has 0 radical (unpaired) electrons. The first kappa shape index (κ1) is 13.3. The molecule has 2 heterocycles. The summed E-state index contributed by atoms with van der Waals surface area (Å²) in [6.07, 6.45) is 1.66. The fourth-order valence-corrected chi connectivity index (χ4v) is 2.65. The summed E-state index contributed by atoms with van der Waals surface area (Å²) < 4.78 is 1.84. The number of halogens is 1. The second-order valence-electron chi connectivity index (χ2n) is 4.53. The third-order valence-electron chi connectivity index (χ3n) is 3.54. The van der Waals surface area contributed by atoms with Crippen LogP contribution in [0.25, 0.3) is 0 Å². The summed E-state index contributed by atoms with van der Waals surface area (Å²) in [5.74, 6) is 0. The molecule has 5 nitrogen and oxygen atoms in total. The van der Waals surface area contributed by atoms with Crippen LogP contribution in [0.3, 0.4) is 0 Å². The maximum atomic E-state index is 9.42. The van der Waals surface area contributed by atoms with Crippen LogP contribution in [0.5, 0.6) is 0 Å². The number of aryl methyl sites for hydroxylation is 1. The molecule has 1 unspecified atom stereocenters. The number of rotatable bonds is 3. The summed E-state index contributed by atoms with van der Waals surface area (Å²) in [6, 6.07) is 2.05.